The quantitative estimate of drug-likeness (QED) is 0.297. The van der Waals surface area contributed by atoms with E-state index in [0.29, 0.717) is 27.5 Å². The minimum absolute atomic E-state index is 0.0714. The minimum Gasteiger partial charge on any atom is -0.311 e. The average molecular weight is 361 g/mol. The van der Waals surface area contributed by atoms with Crippen LogP contribution in [0.2, 0.25) is 0 Å². The van der Waals surface area contributed by atoms with Crippen LogP contribution in [0.4, 0.5) is 0 Å². The van der Waals surface area contributed by atoms with E-state index in [4.69, 9.17) is 94.2 Å². The van der Waals surface area contributed by atoms with Crippen LogP contribution in [-0.4, -0.2) is 98.7 Å². The molecule has 0 aliphatic heterocycles. The van der Waals surface area contributed by atoms with Crippen molar-refractivity contribution in [3.63, 3.8) is 0 Å². The summed E-state index contributed by atoms with van der Waals surface area (Å²) in [5.41, 5.74) is 2.30. The lowest BCUT2D eigenvalue weighted by molar-refractivity contribution is 1.21. The Balaban J connectivity index is 2.46. The van der Waals surface area contributed by atoms with Gasteiger partial charge in [0.1, 0.15) is 94.2 Å². The molecule has 1 aromatic heterocycles. The zero-order valence-electron chi connectivity index (χ0n) is 16.5. The minimum atomic E-state index is 0.0714. The Morgan fingerprint density at radius 1 is 0.387 bits per heavy atom. The van der Waals surface area contributed by atoms with Gasteiger partial charge in [0.15, 0.2) is 0 Å². The molecule has 0 unspecified atom stereocenters. The Bertz CT molecular complexity index is 1380. The highest BCUT2D eigenvalue weighted by Gasteiger charge is 2.23. The summed E-state index contributed by atoms with van der Waals surface area (Å²) in [6.45, 7) is 0. The van der Waals surface area contributed by atoms with Gasteiger partial charge in [-0.3, -0.25) is 0 Å². The predicted octanol–water partition coefficient (Wildman–Crippen LogP) is -9.69. The van der Waals surface area contributed by atoms with E-state index < -0.39 is 0 Å². The molecule has 0 amide bonds. The molecule has 4 rings (SSSR count). The van der Waals surface area contributed by atoms with Crippen molar-refractivity contribution in [3.05, 3.63) is 6.07 Å². The maximum Gasteiger partial charge on any atom is 0.115 e. The summed E-state index contributed by atoms with van der Waals surface area (Å²) < 4.78 is 1.58. The number of fused-ring (bicyclic) bond motifs is 3. The van der Waals surface area contributed by atoms with Crippen LogP contribution < -0.4 is 65.6 Å². The highest BCUT2D eigenvalue weighted by atomic mass is 15.0. The lowest BCUT2D eigenvalue weighted by atomic mass is 9.63. The molecule has 1 heterocycles. The molecular weight excluding hydrogens is 360 g/mol. The summed E-state index contributed by atoms with van der Waals surface area (Å²) in [6.07, 6.45) is 0. The fraction of sp³-hybridized carbons (Fsp3) is 0. The third-order valence-electron chi connectivity index (χ3n) is 5.66. The molecule has 0 aliphatic carbocycles. The van der Waals surface area contributed by atoms with Crippen LogP contribution in [0.15, 0.2) is 6.07 Å². The van der Waals surface area contributed by atoms with Crippen LogP contribution in [0.5, 0.6) is 0 Å². The zero-order valence-corrected chi connectivity index (χ0v) is 16.5. The maximum atomic E-state index is 6.37. The molecule has 0 bridgehead atoms. The van der Waals surface area contributed by atoms with Gasteiger partial charge in [0.2, 0.25) is 0 Å². The Morgan fingerprint density at radius 3 is 1.16 bits per heavy atom. The summed E-state index contributed by atoms with van der Waals surface area (Å²) in [4.78, 5) is 0. The second-order valence-electron chi connectivity index (χ2n) is 7.32. The fourth-order valence-corrected chi connectivity index (χ4v) is 3.88. The Labute approximate surface area is 197 Å². The van der Waals surface area contributed by atoms with Crippen molar-refractivity contribution in [2.45, 2.75) is 0 Å². The normalized spacial score (nSPS) is 11.5. The number of aromatic nitrogens is 1. The van der Waals surface area contributed by atoms with E-state index in [9.17, 15) is 0 Å². The van der Waals surface area contributed by atoms with E-state index in [1.54, 1.807) is 4.57 Å². The number of hydrogen-bond donors (Lipinski definition) is 0. The lowest BCUT2D eigenvalue weighted by Gasteiger charge is -2.22. The first-order valence-corrected chi connectivity index (χ1v) is 8.96. The van der Waals surface area contributed by atoms with Crippen LogP contribution in [0, 0.1) is 0 Å². The van der Waals surface area contributed by atoms with E-state index in [0.717, 1.165) is 0 Å². The smallest absolute Gasteiger partial charge is 0.115 e. The van der Waals surface area contributed by atoms with Crippen LogP contribution in [0.3, 0.4) is 0 Å². The summed E-state index contributed by atoms with van der Waals surface area (Å²) in [5, 5.41) is 0.756. The summed E-state index contributed by atoms with van der Waals surface area (Å²) in [7, 11) is 74.2. The first-order chi connectivity index (χ1) is 14.4. The van der Waals surface area contributed by atoms with Gasteiger partial charge in [-0.25, -0.2) is 0 Å². The summed E-state index contributed by atoms with van der Waals surface area (Å²) in [5.74, 6) is 0. The molecule has 0 spiro atoms. The molecule has 0 saturated heterocycles. The predicted molar refractivity (Wildman–Crippen MR) is 145 cm³/mol. The van der Waals surface area contributed by atoms with E-state index in [1.165, 1.54) is 6.07 Å². The van der Waals surface area contributed by atoms with E-state index in [-0.39, 0.29) is 65.6 Å². The number of rotatable bonds is 1. The number of nitrogens with zero attached hydrogens (tertiary/aromatic N) is 1. The van der Waals surface area contributed by atoms with Gasteiger partial charge in [-0.2, -0.15) is 0 Å². The van der Waals surface area contributed by atoms with Gasteiger partial charge in [0.25, 0.3) is 0 Å². The third-order valence-corrected chi connectivity index (χ3v) is 5.66. The van der Waals surface area contributed by atoms with Gasteiger partial charge < -0.3 is 4.57 Å². The first-order valence-electron chi connectivity index (χ1n) is 8.96. The van der Waals surface area contributed by atoms with Crippen molar-refractivity contribution in [2.75, 3.05) is 0 Å². The number of benzene rings is 3. The highest BCUT2D eigenvalue weighted by Crippen LogP contribution is 2.25. The second-order valence-corrected chi connectivity index (χ2v) is 7.32. The molecule has 31 heavy (non-hydrogen) atoms. The fourth-order valence-electron chi connectivity index (χ4n) is 3.88. The maximum absolute atomic E-state index is 6.37. The van der Waals surface area contributed by atoms with Gasteiger partial charge >= 0.3 is 0 Å². The topological polar surface area (TPSA) is 4.93 Å². The first kappa shape index (κ1) is 22.4. The number of hydrogen-bond acceptors (Lipinski definition) is 0. The molecule has 0 fully saturated rings. The molecule has 24 radical (unpaired) electrons. The average Bonchev–Trinajstić information content (AvgIpc) is 3.10. The molecule has 1 nitrogen and oxygen atoms in total. The Kier molecular flexibility index (Phi) is 5.35. The van der Waals surface area contributed by atoms with Crippen molar-refractivity contribution in [3.8, 4) is 5.69 Å². The van der Waals surface area contributed by atoms with Gasteiger partial charge in [0, 0.05) is 16.7 Å². The largest absolute Gasteiger partial charge is 0.311 e. The van der Waals surface area contributed by atoms with E-state index in [2.05, 4.69) is 0 Å². The van der Waals surface area contributed by atoms with Crippen LogP contribution in [0.25, 0.3) is 27.5 Å². The molecule has 0 saturated carbocycles. The lowest BCUT2D eigenvalue weighted by Crippen LogP contribution is -2.50. The van der Waals surface area contributed by atoms with Crippen molar-refractivity contribution in [1.82, 2.24) is 4.57 Å². The van der Waals surface area contributed by atoms with Crippen molar-refractivity contribution < 1.29 is 0 Å². The summed E-state index contributed by atoms with van der Waals surface area (Å²) >= 11 is 0. The van der Waals surface area contributed by atoms with E-state index >= 15 is 0 Å². The standard InChI is InChI=1S/C18HB12N/c19-2-1-3(7(21)10(24)6(2)20)31-17-4(8(22)11(25)13(27)15(17)29)5-9(23)12(26)14(28)16(30)18(5)31/h1H. The van der Waals surface area contributed by atoms with Gasteiger partial charge in [-0.05, 0) is 16.8 Å². The monoisotopic (exact) mass is 363 g/mol. The molecule has 0 aliphatic rings. The second kappa shape index (κ2) is 7.39. The zero-order chi connectivity index (χ0) is 23.1. The highest BCUT2D eigenvalue weighted by molar-refractivity contribution is 6.71. The summed E-state index contributed by atoms with van der Waals surface area (Å²) in [6, 6.07) is 1.52. The Morgan fingerprint density at radius 2 is 0.742 bits per heavy atom. The molecule has 0 atom stereocenters. The molecule has 4 aromatic rings. The molecule has 114 valence electrons. The molecule has 0 N–H and O–H groups in total. The van der Waals surface area contributed by atoms with E-state index in [1.807, 2.05) is 0 Å². The molecular formula is C18HB12N. The van der Waals surface area contributed by atoms with Gasteiger partial charge in [0.05, 0.1) is 0 Å². The van der Waals surface area contributed by atoms with Crippen LogP contribution >= 0.6 is 0 Å². The van der Waals surface area contributed by atoms with Gasteiger partial charge in [-0.15, -0.1) is 38.2 Å². The third kappa shape index (κ3) is 2.87. The van der Waals surface area contributed by atoms with Crippen LogP contribution in [0.1, 0.15) is 0 Å². The Hall–Kier alpha value is -1.76. The van der Waals surface area contributed by atoms with Crippen LogP contribution in [-0.2, 0) is 0 Å². The SMILES string of the molecule is [B]c1cc(-n2c3c([B])c([B])c([B])c([B])c3c3c([B])c([B])c([B])c([B])c32)c([B])c([B])c1[B]. The van der Waals surface area contributed by atoms with Crippen molar-refractivity contribution in [2.24, 2.45) is 0 Å². The molecule has 13 heteroatoms. The molecule has 3 aromatic carbocycles. The van der Waals surface area contributed by atoms with Crippen molar-refractivity contribution in [1.29, 1.82) is 0 Å². The van der Waals surface area contributed by atoms with Crippen molar-refractivity contribution >= 4 is 182 Å². The van der Waals surface area contributed by atoms with Gasteiger partial charge in [-0.1, -0.05) is 27.3 Å².